The molecule has 0 heterocycles. The van der Waals surface area contributed by atoms with Crippen LogP contribution in [0.15, 0.2) is 0 Å². The molecule has 0 radical (unpaired) electrons. The van der Waals surface area contributed by atoms with Gasteiger partial charge in [0.15, 0.2) is 0 Å². The molecule has 4 N–H and O–H groups in total. The van der Waals surface area contributed by atoms with Gasteiger partial charge in [0.05, 0.1) is 25.0 Å². The van der Waals surface area contributed by atoms with E-state index in [0.717, 1.165) is 64.2 Å². The topological polar surface area (TPSA) is 105 Å². The Morgan fingerprint density at radius 1 is 0.654 bits per heavy atom. The maximum Gasteiger partial charge on any atom is 0.313 e. The largest absolute Gasteiger partial charge is 0.469 e. The Morgan fingerprint density at radius 2 is 1.00 bits per heavy atom. The standard InChI is InChI=1S/2C9H15NO2.2ClH/c2*1-12-7(11)8-3-2-4-9(8,10)6-5-8;;/h2*2-6,10H2,1H3;2*1H/t2*8-,9-;;/m10../s1. The van der Waals surface area contributed by atoms with E-state index in [0.29, 0.717) is 0 Å². The van der Waals surface area contributed by atoms with E-state index in [9.17, 15) is 9.59 Å². The summed E-state index contributed by atoms with van der Waals surface area (Å²) >= 11 is 0. The highest BCUT2D eigenvalue weighted by molar-refractivity contribution is 5.85. The van der Waals surface area contributed by atoms with Crippen LogP contribution in [0.2, 0.25) is 0 Å². The highest BCUT2D eigenvalue weighted by Crippen LogP contribution is 2.60. The molecule has 0 saturated heterocycles. The second kappa shape index (κ2) is 7.82. The van der Waals surface area contributed by atoms with Gasteiger partial charge in [-0.25, -0.2) is 0 Å². The van der Waals surface area contributed by atoms with Gasteiger partial charge in [-0.1, -0.05) is 12.8 Å². The third-order valence-corrected chi connectivity index (χ3v) is 7.51. The van der Waals surface area contributed by atoms with Crippen LogP contribution in [-0.4, -0.2) is 37.2 Å². The lowest BCUT2D eigenvalue weighted by atomic mass is 9.57. The third-order valence-electron chi connectivity index (χ3n) is 7.51. The summed E-state index contributed by atoms with van der Waals surface area (Å²) in [5.41, 5.74) is 11.2. The van der Waals surface area contributed by atoms with Gasteiger partial charge in [-0.3, -0.25) is 9.59 Å². The van der Waals surface area contributed by atoms with Crippen LogP contribution in [0.4, 0.5) is 0 Å². The minimum absolute atomic E-state index is 0. The second-order valence-corrected chi connectivity index (χ2v) is 8.17. The molecule has 4 saturated carbocycles. The van der Waals surface area contributed by atoms with E-state index in [1.807, 2.05) is 0 Å². The minimum Gasteiger partial charge on any atom is -0.469 e. The number of hydrogen-bond acceptors (Lipinski definition) is 6. The summed E-state index contributed by atoms with van der Waals surface area (Å²) in [6.45, 7) is 0. The summed E-state index contributed by atoms with van der Waals surface area (Å²) in [4.78, 5) is 23.0. The van der Waals surface area contributed by atoms with Crippen LogP contribution in [-0.2, 0) is 19.1 Å². The molecule has 4 fully saturated rings. The quantitative estimate of drug-likeness (QED) is 0.677. The predicted octanol–water partition coefficient (Wildman–Crippen LogP) is 2.49. The molecule has 0 aromatic rings. The van der Waals surface area contributed by atoms with Gasteiger partial charge < -0.3 is 20.9 Å². The van der Waals surface area contributed by atoms with Gasteiger partial charge in [0.1, 0.15) is 0 Å². The summed E-state index contributed by atoms with van der Waals surface area (Å²) in [7, 11) is 2.91. The Morgan fingerprint density at radius 3 is 1.19 bits per heavy atom. The monoisotopic (exact) mass is 410 g/mol. The van der Waals surface area contributed by atoms with Gasteiger partial charge in [-0.05, 0) is 51.4 Å². The van der Waals surface area contributed by atoms with Crippen molar-refractivity contribution in [3.05, 3.63) is 0 Å². The van der Waals surface area contributed by atoms with Gasteiger partial charge in [0.25, 0.3) is 0 Å². The van der Waals surface area contributed by atoms with Crippen LogP contribution in [0.3, 0.4) is 0 Å². The smallest absolute Gasteiger partial charge is 0.313 e. The minimum atomic E-state index is -0.304. The Bertz CT molecular complexity index is 515. The molecule has 4 rings (SSSR count). The van der Waals surface area contributed by atoms with E-state index in [4.69, 9.17) is 20.9 Å². The van der Waals surface area contributed by atoms with E-state index >= 15 is 0 Å². The van der Waals surface area contributed by atoms with Gasteiger partial charge in [-0.2, -0.15) is 0 Å². The number of fused-ring (bicyclic) bond motifs is 2. The van der Waals surface area contributed by atoms with Crippen LogP contribution >= 0.6 is 24.8 Å². The summed E-state index contributed by atoms with van der Waals surface area (Å²) in [5.74, 6) is -0.178. The van der Waals surface area contributed by atoms with Gasteiger partial charge in [-0.15, -0.1) is 24.8 Å². The van der Waals surface area contributed by atoms with E-state index in [1.54, 1.807) is 0 Å². The van der Waals surface area contributed by atoms with E-state index in [1.165, 1.54) is 14.2 Å². The second-order valence-electron chi connectivity index (χ2n) is 8.17. The van der Waals surface area contributed by atoms with Crippen molar-refractivity contribution < 1.29 is 19.1 Å². The molecule has 0 unspecified atom stereocenters. The molecule has 0 aromatic carbocycles. The van der Waals surface area contributed by atoms with E-state index in [-0.39, 0.29) is 58.7 Å². The van der Waals surface area contributed by atoms with Crippen molar-refractivity contribution in [1.82, 2.24) is 0 Å². The number of carbonyl (C=O) groups is 2. The van der Waals surface area contributed by atoms with Crippen molar-refractivity contribution in [2.45, 2.75) is 75.3 Å². The van der Waals surface area contributed by atoms with Crippen molar-refractivity contribution in [3.63, 3.8) is 0 Å². The number of nitrogens with two attached hydrogens (primary N) is 2. The molecule has 0 aliphatic heterocycles. The molecule has 152 valence electrons. The molecule has 4 atom stereocenters. The summed E-state index contributed by atoms with van der Waals surface area (Å²) in [6, 6.07) is 0. The lowest BCUT2D eigenvalue weighted by molar-refractivity contribution is -0.165. The molecule has 4 aliphatic carbocycles. The predicted molar refractivity (Wildman–Crippen MR) is 103 cm³/mol. The molecule has 0 spiro atoms. The number of halogens is 2. The van der Waals surface area contributed by atoms with E-state index < -0.39 is 0 Å². The van der Waals surface area contributed by atoms with Gasteiger partial charge in [0.2, 0.25) is 0 Å². The fraction of sp³-hybridized carbons (Fsp3) is 0.889. The molecule has 26 heavy (non-hydrogen) atoms. The van der Waals surface area contributed by atoms with Crippen molar-refractivity contribution in [2.75, 3.05) is 14.2 Å². The van der Waals surface area contributed by atoms with E-state index in [2.05, 4.69) is 0 Å². The molecule has 6 nitrogen and oxygen atoms in total. The number of ether oxygens (including phenoxy) is 2. The van der Waals surface area contributed by atoms with Gasteiger partial charge >= 0.3 is 11.9 Å². The number of hydrogen-bond donors (Lipinski definition) is 2. The molecule has 0 aromatic heterocycles. The fourth-order valence-electron chi connectivity index (χ4n) is 5.59. The number of carbonyl (C=O) groups excluding carboxylic acids is 2. The Kier molecular flexibility index (Phi) is 7.06. The fourth-order valence-corrected chi connectivity index (χ4v) is 5.59. The number of rotatable bonds is 2. The maximum absolute atomic E-state index is 11.5. The Balaban J connectivity index is 0.000000241. The molecule has 4 aliphatic rings. The average molecular weight is 411 g/mol. The SMILES string of the molecule is COC(=O)[C@@]12CCC[C@]1(N)CC2.COC(=O)[C@]12CCC[C@@]1(N)CC2.Cl.Cl. The lowest BCUT2D eigenvalue weighted by Gasteiger charge is -2.50. The van der Waals surface area contributed by atoms with Crippen LogP contribution in [0.5, 0.6) is 0 Å². The summed E-state index contributed by atoms with van der Waals surface area (Å²) < 4.78 is 9.61. The summed E-state index contributed by atoms with van der Waals surface area (Å²) in [6.07, 6.45) is 9.81. The molecule has 0 amide bonds. The zero-order valence-electron chi connectivity index (χ0n) is 15.7. The maximum atomic E-state index is 11.5. The van der Waals surface area contributed by atoms with Crippen LogP contribution in [0.1, 0.15) is 64.2 Å². The summed E-state index contributed by atoms with van der Waals surface area (Å²) in [5, 5.41) is 0. The molecular weight excluding hydrogens is 379 g/mol. The van der Waals surface area contributed by atoms with Gasteiger partial charge in [0, 0.05) is 11.1 Å². The Hall–Kier alpha value is -0.560. The first kappa shape index (κ1) is 23.5. The zero-order chi connectivity index (χ0) is 17.6. The average Bonchev–Trinajstić information content (AvgIpc) is 2.94. The number of esters is 2. The highest BCUT2D eigenvalue weighted by atomic mass is 35.5. The van der Waals surface area contributed by atoms with Crippen molar-refractivity contribution in [1.29, 1.82) is 0 Å². The first-order valence-corrected chi connectivity index (χ1v) is 9.04. The highest BCUT2D eigenvalue weighted by Gasteiger charge is 2.65. The lowest BCUT2D eigenvalue weighted by Crippen LogP contribution is -2.63. The third kappa shape index (κ3) is 2.93. The molecular formula is C18H32Cl2N2O4. The molecule has 8 heteroatoms. The zero-order valence-corrected chi connectivity index (χ0v) is 17.3. The first-order valence-electron chi connectivity index (χ1n) is 9.04. The molecule has 0 bridgehead atoms. The van der Waals surface area contributed by atoms with Crippen molar-refractivity contribution in [2.24, 2.45) is 22.3 Å². The normalized spacial score (nSPS) is 41.4. The van der Waals surface area contributed by atoms with Crippen molar-refractivity contribution >= 4 is 36.8 Å². The number of methoxy groups -OCH3 is 2. The first-order chi connectivity index (χ1) is 11.3. The van der Waals surface area contributed by atoms with Crippen LogP contribution < -0.4 is 11.5 Å². The van der Waals surface area contributed by atoms with Crippen LogP contribution in [0, 0.1) is 10.8 Å². The Labute approximate surface area is 167 Å². The van der Waals surface area contributed by atoms with Crippen LogP contribution in [0.25, 0.3) is 0 Å². The van der Waals surface area contributed by atoms with Crippen molar-refractivity contribution in [3.8, 4) is 0 Å².